The van der Waals surface area contributed by atoms with Crippen LogP contribution < -0.4 is 20.1 Å². The van der Waals surface area contributed by atoms with Crippen molar-refractivity contribution in [2.45, 2.75) is 108 Å². The Balaban J connectivity index is 2.07. The predicted molar refractivity (Wildman–Crippen MR) is 192 cm³/mol. The molecular weight excluding hydrogens is 701 g/mol. The molecule has 2 aromatic heterocycles. The number of rotatable bonds is 16. The lowest BCUT2D eigenvalue weighted by Crippen LogP contribution is -2.42. The van der Waals surface area contributed by atoms with Gasteiger partial charge in [-0.2, -0.15) is 9.97 Å². The maximum Gasteiger partial charge on any atom is 0.327 e. The number of aliphatic carboxylic acids is 2. The molecule has 0 radical (unpaired) electrons. The quantitative estimate of drug-likeness (QED) is 0.190. The lowest BCUT2D eigenvalue weighted by molar-refractivity contribution is -0.141. The van der Waals surface area contributed by atoms with Gasteiger partial charge in [0.1, 0.15) is 34.9 Å². The number of amides is 2. The largest absolute Gasteiger partial charge is 0.480 e. The summed E-state index contributed by atoms with van der Waals surface area (Å²) in [6, 6.07) is 0.904. The number of nitrogens with one attached hydrogen (secondary N) is 2. The van der Waals surface area contributed by atoms with E-state index in [0.717, 1.165) is 11.8 Å². The van der Waals surface area contributed by atoms with Gasteiger partial charge in [-0.05, 0) is 60.5 Å². The van der Waals surface area contributed by atoms with Crippen molar-refractivity contribution in [2.75, 3.05) is 11.5 Å². The first-order valence-corrected chi connectivity index (χ1v) is 18.6. The van der Waals surface area contributed by atoms with E-state index in [1.165, 1.54) is 38.0 Å². The van der Waals surface area contributed by atoms with E-state index >= 15 is 0 Å². The highest BCUT2D eigenvalue weighted by Crippen LogP contribution is 2.48. The molecule has 1 saturated carbocycles. The average Bonchev–Trinajstić information content (AvgIpc) is 2.99. The van der Waals surface area contributed by atoms with Crippen LogP contribution in [0, 0.1) is 11.8 Å². The number of carboxylic acid groups (broad SMARTS) is 2. The molecular formula is C34H48N6O9S2. The monoisotopic (exact) mass is 748 g/mol. The van der Waals surface area contributed by atoms with Gasteiger partial charge in [0.2, 0.25) is 17.7 Å². The Labute approximate surface area is 306 Å². The Morgan fingerprint density at radius 1 is 0.804 bits per heavy atom. The van der Waals surface area contributed by atoms with Crippen LogP contribution in [0.15, 0.2) is 24.5 Å². The van der Waals surface area contributed by atoms with Crippen molar-refractivity contribution in [1.29, 1.82) is 0 Å². The second kappa shape index (κ2) is 18.0. The zero-order valence-electron chi connectivity index (χ0n) is 30.2. The van der Waals surface area contributed by atoms with Crippen molar-refractivity contribution < 1.29 is 43.7 Å². The molecule has 3 rings (SSSR count). The molecule has 2 aromatic rings. The van der Waals surface area contributed by atoms with E-state index in [2.05, 4.69) is 30.6 Å². The number of ketones is 1. The second-order valence-electron chi connectivity index (χ2n) is 14.2. The SMILES string of the molecule is CC(=O)N[C@@H](CSC(c1ccnc(OC(C)(C)C)n1)C1CCCC(C(SC[C@H](NC(C)=O)C(=O)O)c2nccc(OC(C)(C)C)n2)C1=O)C(=O)O. The minimum atomic E-state index is -1.23. The van der Waals surface area contributed by atoms with Crippen molar-refractivity contribution in [3.05, 3.63) is 36.0 Å². The fourth-order valence-corrected chi connectivity index (χ4v) is 8.26. The van der Waals surface area contributed by atoms with Crippen LogP contribution in [0.4, 0.5) is 0 Å². The first-order valence-electron chi connectivity index (χ1n) is 16.5. The molecule has 0 bridgehead atoms. The molecule has 1 fully saturated rings. The van der Waals surface area contributed by atoms with Gasteiger partial charge in [-0.25, -0.2) is 19.6 Å². The van der Waals surface area contributed by atoms with E-state index in [1.807, 2.05) is 41.5 Å². The minimum Gasteiger partial charge on any atom is -0.480 e. The third-order valence-corrected chi connectivity index (χ3v) is 10.3. The zero-order chi connectivity index (χ0) is 38.1. The number of hydrogen-bond donors (Lipinski definition) is 4. The van der Waals surface area contributed by atoms with Crippen LogP contribution in [0.1, 0.15) is 96.7 Å². The standard InChI is InChI=1S/C34H48N6O9S2/c1-18(41)37-23(30(44)45)16-50-27(22-12-14-36-32(39-22)49-34(6,7)8)20-10-9-11-21(26(20)43)28(51-17-24(31(46)47)38-19(2)42)29-35-15-13-25(40-29)48-33(3,4)5/h12-15,20-21,23-24,27-28H,9-11,16-17H2,1-8H3,(H,37,41)(H,38,42)(H,44,45)(H,46,47)/t20?,21?,23-,24-,27?,28?/m0/s1. The molecule has 15 nitrogen and oxygen atoms in total. The van der Waals surface area contributed by atoms with Crippen LogP contribution in [0.2, 0.25) is 0 Å². The number of carboxylic acids is 2. The van der Waals surface area contributed by atoms with Crippen molar-refractivity contribution in [1.82, 2.24) is 30.6 Å². The lowest BCUT2D eigenvalue weighted by atomic mass is 9.76. The van der Waals surface area contributed by atoms with E-state index in [0.29, 0.717) is 25.0 Å². The Morgan fingerprint density at radius 2 is 1.31 bits per heavy atom. The van der Waals surface area contributed by atoms with Crippen molar-refractivity contribution in [3.8, 4) is 11.9 Å². The summed E-state index contributed by atoms with van der Waals surface area (Å²) in [5.74, 6) is -4.55. The van der Waals surface area contributed by atoms with Gasteiger partial charge in [-0.15, -0.1) is 23.5 Å². The number of hydrogen-bond acceptors (Lipinski definition) is 13. The van der Waals surface area contributed by atoms with Gasteiger partial charge in [-0.3, -0.25) is 14.4 Å². The lowest BCUT2D eigenvalue weighted by Gasteiger charge is -2.36. The molecule has 0 aliphatic heterocycles. The molecule has 51 heavy (non-hydrogen) atoms. The second-order valence-corrected chi connectivity index (χ2v) is 16.5. The molecule has 1 aliphatic carbocycles. The number of carbonyl (C=O) groups excluding carboxylic acids is 3. The number of ether oxygens (including phenoxy) is 2. The summed E-state index contributed by atoms with van der Waals surface area (Å²) in [6.45, 7) is 13.6. The van der Waals surface area contributed by atoms with Gasteiger partial charge in [0.25, 0.3) is 0 Å². The first kappa shape index (κ1) is 41.4. The molecule has 6 atom stereocenters. The third kappa shape index (κ3) is 13.3. The van der Waals surface area contributed by atoms with Crippen LogP contribution in [-0.4, -0.2) is 94.5 Å². The normalized spacial score (nSPS) is 18.9. The molecule has 1 aliphatic rings. The van der Waals surface area contributed by atoms with Crippen LogP contribution in [0.25, 0.3) is 0 Å². The highest BCUT2D eigenvalue weighted by Gasteiger charge is 2.43. The van der Waals surface area contributed by atoms with Gasteiger partial charge < -0.3 is 30.3 Å². The highest BCUT2D eigenvalue weighted by atomic mass is 32.2. The molecule has 0 saturated heterocycles. The maximum atomic E-state index is 14.7. The van der Waals surface area contributed by atoms with Gasteiger partial charge in [-0.1, -0.05) is 6.42 Å². The first-order chi connectivity index (χ1) is 23.7. The van der Waals surface area contributed by atoms with Crippen LogP contribution in [0.3, 0.4) is 0 Å². The van der Waals surface area contributed by atoms with Gasteiger partial charge in [0.15, 0.2) is 0 Å². The van der Waals surface area contributed by atoms with Crippen LogP contribution >= 0.6 is 23.5 Å². The number of thioether (sulfide) groups is 2. The van der Waals surface area contributed by atoms with Gasteiger partial charge in [0.05, 0.1) is 16.2 Å². The van der Waals surface area contributed by atoms with Crippen LogP contribution in [0.5, 0.6) is 11.9 Å². The summed E-state index contributed by atoms with van der Waals surface area (Å²) in [4.78, 5) is 80.5. The van der Waals surface area contributed by atoms with Crippen molar-refractivity contribution in [2.24, 2.45) is 11.8 Å². The molecule has 2 heterocycles. The molecule has 4 N–H and O–H groups in total. The Kier molecular flexibility index (Phi) is 14.6. The maximum absolute atomic E-state index is 14.7. The third-order valence-electron chi connectivity index (χ3n) is 7.39. The number of carbonyl (C=O) groups is 5. The van der Waals surface area contributed by atoms with Gasteiger partial charge in [0, 0.05) is 55.6 Å². The fraction of sp³-hybridized carbons (Fsp3) is 0.618. The van der Waals surface area contributed by atoms with Crippen molar-refractivity contribution in [3.63, 3.8) is 0 Å². The smallest absolute Gasteiger partial charge is 0.327 e. The molecule has 2 amide bonds. The zero-order valence-corrected chi connectivity index (χ0v) is 31.8. The van der Waals surface area contributed by atoms with Gasteiger partial charge >= 0.3 is 17.9 Å². The molecule has 0 spiro atoms. The van der Waals surface area contributed by atoms with Crippen LogP contribution in [-0.2, 0) is 24.0 Å². The van der Waals surface area contributed by atoms with E-state index in [9.17, 15) is 34.2 Å². The molecule has 4 unspecified atom stereocenters. The Bertz CT molecular complexity index is 1450. The summed E-state index contributed by atoms with van der Waals surface area (Å²) in [7, 11) is 0. The fourth-order valence-electron chi connectivity index (χ4n) is 5.44. The summed E-state index contributed by atoms with van der Waals surface area (Å²) < 4.78 is 11.9. The Hall–Kier alpha value is -3.99. The predicted octanol–water partition coefficient (Wildman–Crippen LogP) is 4.03. The summed E-state index contributed by atoms with van der Waals surface area (Å²) >= 11 is 2.35. The molecule has 0 aromatic carbocycles. The highest BCUT2D eigenvalue weighted by molar-refractivity contribution is 7.99. The summed E-state index contributed by atoms with van der Waals surface area (Å²) in [5, 5.41) is 23.2. The number of aromatic nitrogens is 4. The summed E-state index contributed by atoms with van der Waals surface area (Å²) in [6.07, 6.45) is 4.55. The summed E-state index contributed by atoms with van der Waals surface area (Å²) in [5.41, 5.74) is -0.742. The van der Waals surface area contributed by atoms with E-state index < -0.39 is 69.4 Å². The average molecular weight is 749 g/mol. The van der Waals surface area contributed by atoms with E-state index in [1.54, 1.807) is 12.1 Å². The number of Topliss-reactive ketones (excluding diaryl/α,β-unsaturated/α-hetero) is 1. The Morgan fingerprint density at radius 3 is 1.82 bits per heavy atom. The van der Waals surface area contributed by atoms with Crippen molar-refractivity contribution >= 4 is 53.1 Å². The van der Waals surface area contributed by atoms with E-state index in [-0.39, 0.29) is 35.0 Å². The minimum absolute atomic E-state index is 0.0576. The van der Waals surface area contributed by atoms with E-state index in [4.69, 9.17) is 9.47 Å². The molecule has 17 heteroatoms. The number of nitrogens with zero attached hydrogens (tertiary/aromatic N) is 4. The topological polar surface area (TPSA) is 220 Å². The molecule has 280 valence electrons.